The first-order valence-corrected chi connectivity index (χ1v) is 5.35. The third-order valence-corrected chi connectivity index (χ3v) is 2.40. The molecular weight excluding hydrogens is 260 g/mol. The predicted molar refractivity (Wildman–Crippen MR) is 63.5 cm³/mol. The average Bonchev–Trinajstić information content (AvgIpc) is 2.18. The molecule has 15 heavy (non-hydrogen) atoms. The minimum absolute atomic E-state index is 0.286. The van der Waals surface area contributed by atoms with Crippen molar-refractivity contribution in [1.82, 2.24) is 5.32 Å². The van der Waals surface area contributed by atoms with Crippen molar-refractivity contribution in [2.24, 2.45) is 0 Å². The highest BCUT2D eigenvalue weighted by Gasteiger charge is 2.09. The van der Waals surface area contributed by atoms with Crippen LogP contribution < -0.4 is 10.6 Å². The molecule has 4 nitrogen and oxygen atoms in total. The number of benzene rings is 1. The Morgan fingerprint density at radius 3 is 2.80 bits per heavy atom. The Morgan fingerprint density at radius 1 is 1.47 bits per heavy atom. The van der Waals surface area contributed by atoms with E-state index in [0.29, 0.717) is 12.2 Å². The second-order valence-electron chi connectivity index (χ2n) is 3.03. The van der Waals surface area contributed by atoms with Gasteiger partial charge in [-0.25, -0.2) is 4.79 Å². The van der Waals surface area contributed by atoms with Crippen molar-refractivity contribution >= 4 is 27.6 Å². The number of anilines is 1. The summed E-state index contributed by atoms with van der Waals surface area (Å²) in [5, 5.41) is 15.0. The van der Waals surface area contributed by atoms with Gasteiger partial charge in [0.1, 0.15) is 0 Å². The lowest BCUT2D eigenvalue weighted by Crippen LogP contribution is -2.18. The van der Waals surface area contributed by atoms with Crippen molar-refractivity contribution in [3.8, 4) is 0 Å². The third-order valence-electron chi connectivity index (χ3n) is 1.90. The lowest BCUT2D eigenvalue weighted by molar-refractivity contribution is 0.0698. The summed E-state index contributed by atoms with van der Waals surface area (Å²) in [6.45, 7) is 1.47. The van der Waals surface area contributed by atoms with Crippen LogP contribution in [0.2, 0.25) is 0 Å². The van der Waals surface area contributed by atoms with E-state index in [-0.39, 0.29) is 5.56 Å². The van der Waals surface area contributed by atoms with Crippen molar-refractivity contribution in [3.63, 3.8) is 0 Å². The van der Waals surface area contributed by atoms with Gasteiger partial charge in [-0.2, -0.15) is 0 Å². The first-order chi connectivity index (χ1) is 7.15. The van der Waals surface area contributed by atoms with E-state index < -0.39 is 5.97 Å². The first-order valence-electron chi connectivity index (χ1n) is 4.56. The van der Waals surface area contributed by atoms with Crippen molar-refractivity contribution in [2.45, 2.75) is 0 Å². The van der Waals surface area contributed by atoms with Crippen molar-refractivity contribution < 1.29 is 9.90 Å². The molecule has 82 valence electrons. The highest BCUT2D eigenvalue weighted by Crippen LogP contribution is 2.21. The van der Waals surface area contributed by atoms with E-state index in [0.717, 1.165) is 11.0 Å². The quantitative estimate of drug-likeness (QED) is 0.716. The van der Waals surface area contributed by atoms with Gasteiger partial charge in [-0.1, -0.05) is 15.9 Å². The fourth-order valence-electron chi connectivity index (χ4n) is 1.17. The molecule has 5 heteroatoms. The third kappa shape index (κ3) is 3.53. The molecule has 0 saturated heterocycles. The number of halogens is 1. The number of hydrogen-bond donors (Lipinski definition) is 3. The molecule has 0 fully saturated rings. The van der Waals surface area contributed by atoms with E-state index in [4.69, 9.17) is 5.11 Å². The maximum Gasteiger partial charge on any atom is 0.337 e. The van der Waals surface area contributed by atoms with E-state index >= 15 is 0 Å². The number of rotatable bonds is 5. The van der Waals surface area contributed by atoms with E-state index in [9.17, 15) is 4.79 Å². The summed E-state index contributed by atoms with van der Waals surface area (Å²) in [6.07, 6.45) is 0. The second-order valence-corrected chi connectivity index (χ2v) is 3.94. The number of aromatic carboxylic acids is 1. The summed E-state index contributed by atoms with van der Waals surface area (Å²) < 4.78 is 0.861. The molecule has 0 spiro atoms. The highest BCUT2D eigenvalue weighted by atomic mass is 79.9. The zero-order valence-corrected chi connectivity index (χ0v) is 9.97. The summed E-state index contributed by atoms with van der Waals surface area (Å²) in [5.41, 5.74) is 0.918. The lowest BCUT2D eigenvalue weighted by Gasteiger charge is -2.09. The number of carbonyl (C=O) groups is 1. The lowest BCUT2D eigenvalue weighted by atomic mass is 10.2. The van der Waals surface area contributed by atoms with Gasteiger partial charge in [0, 0.05) is 23.2 Å². The van der Waals surface area contributed by atoms with Crippen molar-refractivity contribution in [2.75, 3.05) is 25.5 Å². The molecule has 1 aromatic carbocycles. The van der Waals surface area contributed by atoms with Crippen LogP contribution in [0.15, 0.2) is 22.7 Å². The number of carboxylic acids is 1. The fraction of sp³-hybridized carbons (Fsp3) is 0.300. The van der Waals surface area contributed by atoms with Crippen LogP contribution >= 0.6 is 15.9 Å². The first kappa shape index (κ1) is 12.0. The average molecular weight is 273 g/mol. The molecule has 0 atom stereocenters. The van der Waals surface area contributed by atoms with Crippen LogP contribution in [0.25, 0.3) is 0 Å². The molecule has 0 aromatic heterocycles. The van der Waals surface area contributed by atoms with Gasteiger partial charge in [-0.3, -0.25) is 0 Å². The van der Waals surface area contributed by atoms with Gasteiger partial charge in [0.2, 0.25) is 0 Å². The summed E-state index contributed by atoms with van der Waals surface area (Å²) in [5.74, 6) is -0.922. The van der Waals surface area contributed by atoms with E-state index in [2.05, 4.69) is 26.6 Å². The van der Waals surface area contributed by atoms with E-state index in [1.807, 2.05) is 7.05 Å². The largest absolute Gasteiger partial charge is 0.478 e. The van der Waals surface area contributed by atoms with Crippen LogP contribution in [0.1, 0.15) is 10.4 Å². The van der Waals surface area contributed by atoms with Crippen molar-refractivity contribution in [1.29, 1.82) is 0 Å². The molecule has 1 aromatic rings. The Bertz CT molecular complexity index is 355. The van der Waals surface area contributed by atoms with Crippen molar-refractivity contribution in [3.05, 3.63) is 28.2 Å². The number of nitrogens with one attached hydrogen (secondary N) is 2. The normalized spacial score (nSPS) is 10.0. The molecule has 0 amide bonds. The van der Waals surface area contributed by atoms with Crippen LogP contribution in [-0.2, 0) is 0 Å². The molecule has 0 heterocycles. The Balaban J connectivity index is 2.82. The van der Waals surface area contributed by atoms with Gasteiger partial charge in [-0.15, -0.1) is 0 Å². The summed E-state index contributed by atoms with van der Waals surface area (Å²) in [4.78, 5) is 10.9. The van der Waals surface area contributed by atoms with Crippen LogP contribution in [0.4, 0.5) is 5.69 Å². The van der Waals surface area contributed by atoms with Gasteiger partial charge in [0.05, 0.1) is 5.56 Å². The molecule has 0 aliphatic heterocycles. The monoisotopic (exact) mass is 272 g/mol. The molecule has 3 N–H and O–H groups in total. The Kier molecular flexibility index (Phi) is 4.58. The highest BCUT2D eigenvalue weighted by molar-refractivity contribution is 9.10. The maximum absolute atomic E-state index is 10.9. The van der Waals surface area contributed by atoms with Crippen LogP contribution in [0, 0.1) is 0 Å². The Labute approximate surface area is 96.8 Å². The smallest absolute Gasteiger partial charge is 0.337 e. The Hall–Kier alpha value is -1.07. The van der Waals surface area contributed by atoms with Gasteiger partial charge < -0.3 is 15.7 Å². The van der Waals surface area contributed by atoms with Gasteiger partial charge in [-0.05, 0) is 25.2 Å². The zero-order valence-electron chi connectivity index (χ0n) is 8.38. The second kappa shape index (κ2) is 5.72. The van der Waals surface area contributed by atoms with Gasteiger partial charge in [0.25, 0.3) is 0 Å². The number of likely N-dealkylation sites (N-methyl/N-ethyl adjacent to an activating group) is 1. The minimum Gasteiger partial charge on any atom is -0.478 e. The van der Waals surface area contributed by atoms with Gasteiger partial charge >= 0.3 is 5.97 Å². The molecule has 0 saturated carbocycles. The number of hydrogen-bond acceptors (Lipinski definition) is 3. The molecule has 0 unspecified atom stereocenters. The summed E-state index contributed by atoms with van der Waals surface area (Å²) in [7, 11) is 1.85. The maximum atomic E-state index is 10.9. The van der Waals surface area contributed by atoms with Crippen LogP contribution in [0.3, 0.4) is 0 Å². The molecular formula is C10H13BrN2O2. The zero-order chi connectivity index (χ0) is 11.3. The number of carboxylic acid groups (broad SMARTS) is 1. The predicted octanol–water partition coefficient (Wildman–Crippen LogP) is 1.78. The van der Waals surface area contributed by atoms with E-state index in [1.165, 1.54) is 0 Å². The van der Waals surface area contributed by atoms with Crippen LogP contribution in [0.5, 0.6) is 0 Å². The minimum atomic E-state index is -0.922. The molecule has 1 rings (SSSR count). The molecule has 0 radical (unpaired) electrons. The molecule has 0 aliphatic carbocycles. The Morgan fingerprint density at radius 2 is 2.20 bits per heavy atom. The van der Waals surface area contributed by atoms with Crippen LogP contribution in [-0.4, -0.2) is 31.2 Å². The topological polar surface area (TPSA) is 61.4 Å². The molecule has 0 bridgehead atoms. The molecule has 0 aliphatic rings. The van der Waals surface area contributed by atoms with E-state index in [1.54, 1.807) is 18.2 Å². The SMILES string of the molecule is CNCCNc1cc(Br)ccc1C(=O)O. The summed E-state index contributed by atoms with van der Waals surface area (Å²) in [6, 6.07) is 5.06. The van der Waals surface area contributed by atoms with Gasteiger partial charge in [0.15, 0.2) is 0 Å². The summed E-state index contributed by atoms with van der Waals surface area (Å²) >= 11 is 3.31. The standard InChI is InChI=1S/C10H13BrN2O2/c1-12-4-5-13-9-6-7(11)2-3-8(9)10(14)15/h2-3,6,12-13H,4-5H2,1H3,(H,14,15). The fourth-order valence-corrected chi connectivity index (χ4v) is 1.53.